The normalized spacial score (nSPS) is 10.9. The Balaban J connectivity index is 1.42. The van der Waals surface area contributed by atoms with E-state index in [0.29, 0.717) is 30.5 Å². The van der Waals surface area contributed by atoms with Crippen LogP contribution in [0, 0.1) is 0 Å². The number of hydrogen-bond donors (Lipinski definition) is 1. The van der Waals surface area contributed by atoms with Crippen LogP contribution < -0.4 is 5.32 Å². The molecule has 0 aliphatic heterocycles. The van der Waals surface area contributed by atoms with E-state index in [1.165, 1.54) is 0 Å². The van der Waals surface area contributed by atoms with Crippen LogP contribution in [0.2, 0.25) is 0 Å². The van der Waals surface area contributed by atoms with Gasteiger partial charge in [-0.2, -0.15) is 5.10 Å². The lowest BCUT2D eigenvalue weighted by Crippen LogP contribution is -2.13. The van der Waals surface area contributed by atoms with E-state index in [1.807, 2.05) is 66.9 Å². The van der Waals surface area contributed by atoms with Crippen LogP contribution in [0.4, 0.5) is 5.82 Å². The molecule has 0 saturated heterocycles. The lowest BCUT2D eigenvalue weighted by atomic mass is 10.1. The molecule has 0 radical (unpaired) electrons. The summed E-state index contributed by atoms with van der Waals surface area (Å²) in [5.74, 6) is 1.65. The summed E-state index contributed by atoms with van der Waals surface area (Å²) in [4.78, 5) is 17.1. The van der Waals surface area contributed by atoms with E-state index in [4.69, 9.17) is 14.1 Å². The summed E-state index contributed by atoms with van der Waals surface area (Å²) in [6, 6.07) is 21.6. The zero-order valence-electron chi connectivity index (χ0n) is 18.0. The van der Waals surface area contributed by atoms with Gasteiger partial charge in [-0.25, -0.2) is 4.98 Å². The first-order valence-electron chi connectivity index (χ1n) is 10.7. The molecular formula is C25H26N4O3. The van der Waals surface area contributed by atoms with Crippen molar-refractivity contribution >= 4 is 11.7 Å². The average molecular weight is 431 g/mol. The summed E-state index contributed by atoms with van der Waals surface area (Å²) in [7, 11) is 1.67. The molecule has 7 nitrogen and oxygen atoms in total. The van der Waals surface area contributed by atoms with Gasteiger partial charge in [-0.15, -0.1) is 0 Å². The molecule has 1 amide bonds. The fraction of sp³-hybridized carbons (Fsp3) is 0.240. The predicted octanol–water partition coefficient (Wildman–Crippen LogP) is 4.81. The van der Waals surface area contributed by atoms with E-state index in [-0.39, 0.29) is 12.3 Å². The highest BCUT2D eigenvalue weighted by Crippen LogP contribution is 2.32. The van der Waals surface area contributed by atoms with Crippen molar-refractivity contribution in [3.8, 4) is 22.6 Å². The molecule has 7 heteroatoms. The summed E-state index contributed by atoms with van der Waals surface area (Å²) < 4.78 is 12.9. The van der Waals surface area contributed by atoms with Crippen LogP contribution in [-0.2, 0) is 22.5 Å². The minimum atomic E-state index is -0.132. The van der Waals surface area contributed by atoms with E-state index in [2.05, 4.69) is 10.4 Å². The van der Waals surface area contributed by atoms with Crippen molar-refractivity contribution in [3.63, 3.8) is 0 Å². The molecule has 0 saturated carbocycles. The minimum absolute atomic E-state index is 0.132. The van der Waals surface area contributed by atoms with E-state index in [0.717, 1.165) is 29.8 Å². The van der Waals surface area contributed by atoms with E-state index in [9.17, 15) is 4.79 Å². The number of anilines is 1. The van der Waals surface area contributed by atoms with Gasteiger partial charge in [0, 0.05) is 56.5 Å². The Labute approximate surface area is 187 Å². The number of carbonyl (C=O) groups is 1. The smallest absolute Gasteiger partial charge is 0.226 e. The minimum Gasteiger partial charge on any atom is -0.440 e. The molecule has 32 heavy (non-hydrogen) atoms. The maximum atomic E-state index is 12.4. The highest BCUT2D eigenvalue weighted by atomic mass is 16.5. The lowest BCUT2D eigenvalue weighted by Gasteiger charge is -2.02. The predicted molar refractivity (Wildman–Crippen MR) is 123 cm³/mol. The summed E-state index contributed by atoms with van der Waals surface area (Å²) in [6.07, 6.45) is 3.35. The van der Waals surface area contributed by atoms with Gasteiger partial charge in [-0.1, -0.05) is 60.7 Å². The van der Waals surface area contributed by atoms with Crippen LogP contribution in [0.5, 0.6) is 0 Å². The van der Waals surface area contributed by atoms with Gasteiger partial charge in [0.1, 0.15) is 5.69 Å². The Morgan fingerprint density at radius 2 is 1.75 bits per heavy atom. The highest BCUT2D eigenvalue weighted by Gasteiger charge is 2.17. The third-order valence-electron chi connectivity index (χ3n) is 4.96. The Bertz CT molecular complexity index is 1080. The highest BCUT2D eigenvalue weighted by molar-refractivity contribution is 5.89. The number of oxazole rings is 1. The second kappa shape index (κ2) is 10.5. The number of hydrogen-bond acceptors (Lipinski definition) is 5. The Kier molecular flexibility index (Phi) is 7.09. The quantitative estimate of drug-likeness (QED) is 0.365. The Hall–Kier alpha value is -3.71. The fourth-order valence-corrected chi connectivity index (χ4v) is 3.40. The van der Waals surface area contributed by atoms with Gasteiger partial charge in [0.15, 0.2) is 17.5 Å². The van der Waals surface area contributed by atoms with Gasteiger partial charge in [-0.05, 0) is 6.42 Å². The third-order valence-corrected chi connectivity index (χ3v) is 4.96. The van der Waals surface area contributed by atoms with Crippen LogP contribution in [0.1, 0.15) is 18.7 Å². The van der Waals surface area contributed by atoms with Crippen molar-refractivity contribution in [3.05, 3.63) is 78.8 Å². The molecule has 2 aromatic carbocycles. The molecule has 2 heterocycles. The number of aromatic nitrogens is 3. The molecule has 0 spiro atoms. The Morgan fingerprint density at radius 1 is 1.03 bits per heavy atom. The summed E-state index contributed by atoms with van der Waals surface area (Å²) in [5, 5.41) is 7.20. The second-order valence-electron chi connectivity index (χ2n) is 7.38. The molecule has 0 unspecified atom stereocenters. The van der Waals surface area contributed by atoms with Gasteiger partial charge < -0.3 is 14.5 Å². The number of nitrogens with one attached hydrogen (secondary N) is 1. The molecule has 4 rings (SSSR count). The van der Waals surface area contributed by atoms with Gasteiger partial charge >= 0.3 is 0 Å². The van der Waals surface area contributed by atoms with Crippen molar-refractivity contribution in [1.29, 1.82) is 0 Å². The summed E-state index contributed by atoms with van der Waals surface area (Å²) in [5.41, 5.74) is 2.71. The molecule has 1 N–H and O–H groups in total. The van der Waals surface area contributed by atoms with Gasteiger partial charge in [0.25, 0.3) is 0 Å². The molecule has 0 bridgehead atoms. The zero-order valence-corrected chi connectivity index (χ0v) is 18.0. The van der Waals surface area contributed by atoms with E-state index in [1.54, 1.807) is 17.9 Å². The SMILES string of the molecule is COCCCn1ccc(NC(=O)CCc2nc(-c3ccccc3)c(-c3ccccc3)o2)n1. The van der Waals surface area contributed by atoms with Crippen molar-refractivity contribution < 1.29 is 13.9 Å². The largest absolute Gasteiger partial charge is 0.440 e. The second-order valence-corrected chi connectivity index (χ2v) is 7.38. The number of methoxy groups -OCH3 is 1. The number of amides is 1. The fourth-order valence-electron chi connectivity index (χ4n) is 3.40. The lowest BCUT2D eigenvalue weighted by molar-refractivity contribution is -0.116. The molecule has 0 atom stereocenters. The van der Waals surface area contributed by atoms with Crippen LogP contribution in [0.15, 0.2) is 77.3 Å². The Morgan fingerprint density at radius 3 is 2.47 bits per heavy atom. The molecule has 164 valence electrons. The maximum absolute atomic E-state index is 12.4. The maximum Gasteiger partial charge on any atom is 0.226 e. The van der Waals surface area contributed by atoms with E-state index < -0.39 is 0 Å². The van der Waals surface area contributed by atoms with Gasteiger partial charge in [-0.3, -0.25) is 9.48 Å². The first-order chi connectivity index (χ1) is 15.7. The number of aryl methyl sites for hydroxylation is 2. The number of ether oxygens (including phenoxy) is 1. The number of nitrogens with zero attached hydrogens (tertiary/aromatic N) is 3. The van der Waals surface area contributed by atoms with Crippen LogP contribution in [0.3, 0.4) is 0 Å². The molecule has 0 aliphatic carbocycles. The first kappa shape index (κ1) is 21.5. The van der Waals surface area contributed by atoms with Crippen LogP contribution >= 0.6 is 0 Å². The molecule has 0 fully saturated rings. The van der Waals surface area contributed by atoms with Crippen LogP contribution in [-0.4, -0.2) is 34.4 Å². The van der Waals surface area contributed by atoms with Gasteiger partial charge in [0.05, 0.1) is 0 Å². The molecule has 0 aliphatic rings. The molecule has 4 aromatic rings. The van der Waals surface area contributed by atoms with Crippen molar-refractivity contribution in [1.82, 2.24) is 14.8 Å². The average Bonchev–Trinajstić information content (AvgIpc) is 3.46. The van der Waals surface area contributed by atoms with Crippen molar-refractivity contribution in [2.75, 3.05) is 19.0 Å². The van der Waals surface area contributed by atoms with Crippen molar-refractivity contribution in [2.24, 2.45) is 0 Å². The third kappa shape index (κ3) is 5.50. The zero-order chi connectivity index (χ0) is 22.2. The monoisotopic (exact) mass is 430 g/mol. The van der Waals surface area contributed by atoms with Gasteiger partial charge in [0.2, 0.25) is 5.91 Å². The van der Waals surface area contributed by atoms with Crippen molar-refractivity contribution in [2.45, 2.75) is 25.8 Å². The molecular weight excluding hydrogens is 404 g/mol. The standard InChI is InChI=1S/C25H26N4O3/c1-31-18-8-16-29-17-15-21(28-29)26-22(30)13-14-23-27-24(19-9-4-2-5-10-19)25(32-23)20-11-6-3-7-12-20/h2-7,9-12,15,17H,8,13-14,16,18H2,1H3,(H,26,28,30). The summed E-state index contributed by atoms with van der Waals surface area (Å²) in [6.45, 7) is 1.41. The van der Waals surface area contributed by atoms with Crippen LogP contribution in [0.25, 0.3) is 22.6 Å². The molecule has 2 aromatic heterocycles. The van der Waals surface area contributed by atoms with E-state index >= 15 is 0 Å². The first-order valence-corrected chi connectivity index (χ1v) is 10.7. The summed E-state index contributed by atoms with van der Waals surface area (Å²) >= 11 is 0. The number of carbonyl (C=O) groups excluding carboxylic acids is 1. The number of rotatable bonds is 10. The number of benzene rings is 2. The topological polar surface area (TPSA) is 82.2 Å².